The topological polar surface area (TPSA) is 49.2 Å². The highest BCUT2D eigenvalue weighted by molar-refractivity contribution is 5.40. The second-order valence-electron chi connectivity index (χ2n) is 5.47. The molecule has 20 heavy (non-hydrogen) atoms. The Balaban J connectivity index is 1.79. The zero-order valence-corrected chi connectivity index (χ0v) is 11.9. The maximum absolute atomic E-state index is 9.88. The molecule has 1 aromatic heterocycles. The molecule has 4 heteroatoms. The number of phenols is 1. The van der Waals surface area contributed by atoms with Gasteiger partial charge in [0.1, 0.15) is 5.75 Å². The predicted molar refractivity (Wildman–Crippen MR) is 77.4 cm³/mol. The van der Waals surface area contributed by atoms with Crippen LogP contribution < -0.4 is 0 Å². The molecule has 0 aliphatic carbocycles. The maximum Gasteiger partial charge on any atom is 0.119 e. The molecule has 0 atom stereocenters. The number of phenolic OH excluding ortho intramolecular Hbond substituents is 1. The van der Waals surface area contributed by atoms with Crippen molar-refractivity contribution in [3.63, 3.8) is 0 Å². The molecule has 1 aliphatic heterocycles. The van der Waals surface area contributed by atoms with Gasteiger partial charge in [-0.15, -0.1) is 0 Å². The summed E-state index contributed by atoms with van der Waals surface area (Å²) in [6.07, 6.45) is 0.901. The van der Waals surface area contributed by atoms with E-state index < -0.39 is 0 Å². The van der Waals surface area contributed by atoms with E-state index in [0.717, 1.165) is 43.0 Å². The standard InChI is InChI=1S/C16H19N3O/c1-11-8-14(12(2)18-17-11)10-19-7-6-15-13(9-19)4-3-5-16(15)20/h3-5,8,20H,6-7,9-10H2,1-2H3. The lowest BCUT2D eigenvalue weighted by Crippen LogP contribution is -2.30. The molecule has 0 fully saturated rings. The van der Waals surface area contributed by atoms with Gasteiger partial charge in [0.25, 0.3) is 0 Å². The molecule has 2 aromatic rings. The van der Waals surface area contributed by atoms with Crippen LogP contribution in [-0.4, -0.2) is 26.7 Å². The van der Waals surface area contributed by atoms with Crippen LogP contribution in [0.1, 0.15) is 28.1 Å². The highest BCUT2D eigenvalue weighted by Gasteiger charge is 2.19. The Morgan fingerprint density at radius 1 is 1.25 bits per heavy atom. The normalized spacial score (nSPS) is 15.1. The van der Waals surface area contributed by atoms with Crippen LogP contribution in [0.25, 0.3) is 0 Å². The van der Waals surface area contributed by atoms with E-state index in [2.05, 4.69) is 27.2 Å². The van der Waals surface area contributed by atoms with Gasteiger partial charge in [-0.25, -0.2) is 0 Å². The number of fused-ring (bicyclic) bond motifs is 1. The summed E-state index contributed by atoms with van der Waals surface area (Å²) in [5.74, 6) is 0.430. The number of hydrogen-bond donors (Lipinski definition) is 1. The first-order valence-corrected chi connectivity index (χ1v) is 6.95. The minimum absolute atomic E-state index is 0.430. The lowest BCUT2D eigenvalue weighted by atomic mass is 9.98. The Morgan fingerprint density at radius 3 is 2.95 bits per heavy atom. The van der Waals surface area contributed by atoms with Gasteiger partial charge in [0.15, 0.2) is 0 Å². The van der Waals surface area contributed by atoms with Crippen molar-refractivity contribution in [3.05, 3.63) is 52.3 Å². The first-order chi connectivity index (χ1) is 9.63. The van der Waals surface area contributed by atoms with Gasteiger partial charge in [0, 0.05) is 19.6 Å². The molecule has 1 aromatic carbocycles. The van der Waals surface area contributed by atoms with Crippen LogP contribution in [0.4, 0.5) is 0 Å². The van der Waals surface area contributed by atoms with Crippen LogP contribution in [0.3, 0.4) is 0 Å². The number of aromatic hydroxyl groups is 1. The van der Waals surface area contributed by atoms with E-state index in [1.807, 2.05) is 19.9 Å². The minimum Gasteiger partial charge on any atom is -0.508 e. The second-order valence-corrected chi connectivity index (χ2v) is 5.47. The van der Waals surface area contributed by atoms with Gasteiger partial charge >= 0.3 is 0 Å². The van der Waals surface area contributed by atoms with Gasteiger partial charge in [0.2, 0.25) is 0 Å². The Labute approximate surface area is 119 Å². The Bertz CT molecular complexity index is 640. The summed E-state index contributed by atoms with van der Waals surface area (Å²) in [6.45, 7) is 6.71. The number of aromatic nitrogens is 2. The highest BCUT2D eigenvalue weighted by Crippen LogP contribution is 2.27. The molecule has 2 heterocycles. The largest absolute Gasteiger partial charge is 0.508 e. The molecule has 0 radical (unpaired) electrons. The number of nitrogens with zero attached hydrogens (tertiary/aromatic N) is 3. The van der Waals surface area contributed by atoms with Gasteiger partial charge in [-0.2, -0.15) is 10.2 Å². The molecule has 104 valence electrons. The fraction of sp³-hybridized carbons (Fsp3) is 0.375. The molecule has 0 saturated heterocycles. The Morgan fingerprint density at radius 2 is 2.10 bits per heavy atom. The van der Waals surface area contributed by atoms with E-state index in [0.29, 0.717) is 5.75 Å². The lowest BCUT2D eigenvalue weighted by molar-refractivity contribution is 0.242. The third-order valence-corrected chi connectivity index (χ3v) is 3.92. The van der Waals surface area contributed by atoms with Crippen molar-refractivity contribution in [2.45, 2.75) is 33.4 Å². The smallest absolute Gasteiger partial charge is 0.119 e. The third-order valence-electron chi connectivity index (χ3n) is 3.92. The van der Waals surface area contributed by atoms with E-state index in [4.69, 9.17) is 0 Å². The minimum atomic E-state index is 0.430. The maximum atomic E-state index is 9.88. The summed E-state index contributed by atoms with van der Waals surface area (Å²) < 4.78 is 0. The summed E-state index contributed by atoms with van der Waals surface area (Å²) in [6, 6.07) is 7.90. The molecule has 1 N–H and O–H groups in total. The van der Waals surface area contributed by atoms with Crippen molar-refractivity contribution >= 4 is 0 Å². The summed E-state index contributed by atoms with van der Waals surface area (Å²) in [5.41, 5.74) is 5.52. The summed E-state index contributed by atoms with van der Waals surface area (Å²) in [4.78, 5) is 2.39. The van der Waals surface area contributed by atoms with Crippen LogP contribution in [-0.2, 0) is 19.5 Å². The van der Waals surface area contributed by atoms with Crippen molar-refractivity contribution in [1.82, 2.24) is 15.1 Å². The van der Waals surface area contributed by atoms with Crippen LogP contribution >= 0.6 is 0 Å². The quantitative estimate of drug-likeness (QED) is 0.909. The molecule has 0 bridgehead atoms. The summed E-state index contributed by atoms with van der Waals surface area (Å²) in [5, 5.41) is 18.1. The molecular weight excluding hydrogens is 250 g/mol. The van der Waals surface area contributed by atoms with E-state index >= 15 is 0 Å². The van der Waals surface area contributed by atoms with Crippen LogP contribution in [0, 0.1) is 13.8 Å². The van der Waals surface area contributed by atoms with Crippen LogP contribution in [0.15, 0.2) is 24.3 Å². The number of benzene rings is 1. The van der Waals surface area contributed by atoms with Crippen molar-refractivity contribution in [2.75, 3.05) is 6.54 Å². The lowest BCUT2D eigenvalue weighted by Gasteiger charge is -2.29. The summed E-state index contributed by atoms with van der Waals surface area (Å²) >= 11 is 0. The van der Waals surface area contributed by atoms with Gasteiger partial charge in [-0.05, 0) is 49.1 Å². The molecule has 0 spiro atoms. The number of aryl methyl sites for hydroxylation is 2. The highest BCUT2D eigenvalue weighted by atomic mass is 16.3. The number of rotatable bonds is 2. The SMILES string of the molecule is Cc1cc(CN2CCc3c(O)cccc3C2)c(C)nn1. The van der Waals surface area contributed by atoms with Gasteiger partial charge < -0.3 is 5.11 Å². The predicted octanol–water partition coefficient (Wildman–Crippen LogP) is 2.36. The van der Waals surface area contributed by atoms with E-state index in [-0.39, 0.29) is 0 Å². The Kier molecular flexibility index (Phi) is 3.40. The molecule has 4 nitrogen and oxygen atoms in total. The Hall–Kier alpha value is -1.94. The van der Waals surface area contributed by atoms with Crippen LogP contribution in [0.5, 0.6) is 5.75 Å². The first kappa shape index (κ1) is 13.1. The molecule has 1 aliphatic rings. The fourth-order valence-corrected chi connectivity index (χ4v) is 2.79. The monoisotopic (exact) mass is 269 g/mol. The molecular formula is C16H19N3O. The van der Waals surface area contributed by atoms with Crippen molar-refractivity contribution in [1.29, 1.82) is 0 Å². The van der Waals surface area contributed by atoms with E-state index in [1.54, 1.807) is 6.07 Å². The van der Waals surface area contributed by atoms with E-state index in [9.17, 15) is 5.11 Å². The number of hydrogen-bond acceptors (Lipinski definition) is 4. The molecule has 3 rings (SSSR count). The first-order valence-electron chi connectivity index (χ1n) is 6.95. The van der Waals surface area contributed by atoms with Gasteiger partial charge in [-0.3, -0.25) is 4.90 Å². The van der Waals surface area contributed by atoms with Gasteiger partial charge in [-0.1, -0.05) is 12.1 Å². The fourth-order valence-electron chi connectivity index (χ4n) is 2.79. The summed E-state index contributed by atoms with van der Waals surface area (Å²) in [7, 11) is 0. The third kappa shape index (κ3) is 2.51. The van der Waals surface area contributed by atoms with Crippen molar-refractivity contribution in [2.24, 2.45) is 0 Å². The average molecular weight is 269 g/mol. The van der Waals surface area contributed by atoms with Gasteiger partial charge in [0.05, 0.1) is 11.4 Å². The van der Waals surface area contributed by atoms with E-state index in [1.165, 1.54) is 11.1 Å². The molecule has 0 amide bonds. The zero-order chi connectivity index (χ0) is 14.1. The second kappa shape index (κ2) is 5.21. The van der Waals surface area contributed by atoms with Crippen LogP contribution in [0.2, 0.25) is 0 Å². The molecule has 0 saturated carbocycles. The van der Waals surface area contributed by atoms with Crippen molar-refractivity contribution in [3.8, 4) is 5.75 Å². The van der Waals surface area contributed by atoms with Crippen molar-refractivity contribution < 1.29 is 5.11 Å². The zero-order valence-electron chi connectivity index (χ0n) is 11.9. The molecule has 0 unspecified atom stereocenters. The average Bonchev–Trinajstić information content (AvgIpc) is 2.43.